The first-order chi connectivity index (χ1) is 11.8. The molecule has 0 spiro atoms. The number of carboxylic acids is 1. The summed E-state index contributed by atoms with van der Waals surface area (Å²) >= 11 is 0. The number of amides is 1. The van der Waals surface area contributed by atoms with Crippen LogP contribution in [0.5, 0.6) is 5.75 Å². The highest BCUT2D eigenvalue weighted by Gasteiger charge is 2.29. The molecular formula is C19H19NO5. The van der Waals surface area contributed by atoms with Crippen molar-refractivity contribution in [3.8, 4) is 5.75 Å². The monoisotopic (exact) mass is 341 g/mol. The molecule has 0 atom stereocenters. The van der Waals surface area contributed by atoms with E-state index in [1.54, 1.807) is 48.5 Å². The molecule has 0 fully saturated rings. The van der Waals surface area contributed by atoms with E-state index in [4.69, 9.17) is 9.84 Å². The van der Waals surface area contributed by atoms with E-state index in [0.717, 1.165) is 11.8 Å². The Hall–Kier alpha value is -3.15. The van der Waals surface area contributed by atoms with Gasteiger partial charge in [-0.3, -0.25) is 9.59 Å². The zero-order valence-electron chi connectivity index (χ0n) is 14.0. The second-order valence-corrected chi connectivity index (χ2v) is 6.06. The van der Waals surface area contributed by atoms with Crippen LogP contribution in [0.1, 0.15) is 40.1 Å². The first-order valence-electron chi connectivity index (χ1n) is 7.65. The Labute approximate surface area is 145 Å². The van der Waals surface area contributed by atoms with Crippen LogP contribution >= 0.6 is 0 Å². The lowest BCUT2D eigenvalue weighted by Gasteiger charge is -2.21. The number of aliphatic carboxylic acids is 1. The molecule has 0 aromatic heterocycles. The molecule has 130 valence electrons. The maximum atomic E-state index is 12.2. The van der Waals surface area contributed by atoms with E-state index in [9.17, 15) is 14.4 Å². The molecule has 0 aliphatic rings. The normalized spacial score (nSPS) is 10.8. The lowest BCUT2D eigenvalue weighted by atomic mass is 10.0. The third-order valence-corrected chi connectivity index (χ3v) is 3.57. The highest BCUT2D eigenvalue weighted by molar-refractivity contribution is 5.97. The molecule has 6 nitrogen and oxygen atoms in total. The van der Waals surface area contributed by atoms with Gasteiger partial charge in [0.25, 0.3) is 5.91 Å². The maximum Gasteiger partial charge on any atom is 0.328 e. The molecule has 0 aliphatic carbocycles. The van der Waals surface area contributed by atoms with Crippen molar-refractivity contribution in [2.75, 3.05) is 0 Å². The van der Waals surface area contributed by atoms with Crippen LogP contribution in [0.4, 0.5) is 0 Å². The van der Waals surface area contributed by atoms with E-state index in [-0.39, 0.29) is 6.61 Å². The van der Waals surface area contributed by atoms with Gasteiger partial charge in [-0.05, 0) is 55.8 Å². The number of hydrogen-bond acceptors (Lipinski definition) is 4. The minimum Gasteiger partial charge on any atom is -0.489 e. The average molecular weight is 341 g/mol. The Morgan fingerprint density at radius 1 is 1.16 bits per heavy atom. The zero-order valence-corrected chi connectivity index (χ0v) is 14.0. The molecule has 0 heterocycles. The van der Waals surface area contributed by atoms with Crippen LogP contribution in [-0.2, 0) is 11.4 Å². The van der Waals surface area contributed by atoms with Gasteiger partial charge in [0, 0.05) is 11.1 Å². The van der Waals surface area contributed by atoms with Gasteiger partial charge in [-0.25, -0.2) is 4.79 Å². The van der Waals surface area contributed by atoms with Gasteiger partial charge in [0.15, 0.2) is 0 Å². The first kappa shape index (κ1) is 18.2. The van der Waals surface area contributed by atoms with Crippen LogP contribution < -0.4 is 10.1 Å². The highest BCUT2D eigenvalue weighted by atomic mass is 16.5. The van der Waals surface area contributed by atoms with Crippen molar-refractivity contribution >= 4 is 18.2 Å². The number of carbonyl (C=O) groups is 3. The lowest BCUT2D eigenvalue weighted by Crippen LogP contribution is -2.49. The van der Waals surface area contributed by atoms with Crippen LogP contribution in [0.2, 0.25) is 0 Å². The van der Waals surface area contributed by atoms with Crippen LogP contribution in [0.15, 0.2) is 48.5 Å². The third-order valence-electron chi connectivity index (χ3n) is 3.57. The number of carboxylic acid groups (broad SMARTS) is 1. The van der Waals surface area contributed by atoms with Crippen LogP contribution in [-0.4, -0.2) is 28.8 Å². The molecular weight excluding hydrogens is 322 g/mol. The Bertz CT molecular complexity index is 781. The topological polar surface area (TPSA) is 92.7 Å². The fourth-order valence-corrected chi connectivity index (χ4v) is 2.02. The SMILES string of the molecule is CC(C)(NC(=O)c1cccc(COc2ccc(C=O)cc2)c1)C(=O)O. The molecule has 2 N–H and O–H groups in total. The molecule has 2 aromatic rings. The Morgan fingerprint density at radius 3 is 2.44 bits per heavy atom. The molecule has 0 aliphatic heterocycles. The first-order valence-corrected chi connectivity index (χ1v) is 7.65. The average Bonchev–Trinajstić information content (AvgIpc) is 2.60. The number of ether oxygens (including phenoxy) is 1. The van der Waals surface area contributed by atoms with Crippen LogP contribution in [0, 0.1) is 0 Å². The predicted octanol–water partition coefficient (Wildman–Crippen LogP) is 2.67. The molecule has 2 aromatic carbocycles. The fraction of sp³-hybridized carbons (Fsp3) is 0.211. The fourth-order valence-electron chi connectivity index (χ4n) is 2.02. The van der Waals surface area contributed by atoms with Gasteiger partial charge in [-0.2, -0.15) is 0 Å². The summed E-state index contributed by atoms with van der Waals surface area (Å²) < 4.78 is 5.62. The second-order valence-electron chi connectivity index (χ2n) is 6.06. The Kier molecular flexibility index (Phi) is 5.54. The molecule has 0 radical (unpaired) electrons. The second kappa shape index (κ2) is 7.61. The van der Waals surface area contributed by atoms with E-state index in [1.807, 2.05) is 0 Å². The van der Waals surface area contributed by atoms with Gasteiger partial charge >= 0.3 is 5.97 Å². The highest BCUT2D eigenvalue weighted by Crippen LogP contribution is 2.15. The summed E-state index contributed by atoms with van der Waals surface area (Å²) in [5.41, 5.74) is 0.322. The van der Waals surface area contributed by atoms with Gasteiger partial charge in [0.1, 0.15) is 24.2 Å². The van der Waals surface area contributed by atoms with Crippen molar-refractivity contribution in [1.29, 1.82) is 0 Å². The zero-order chi connectivity index (χ0) is 18.4. The van der Waals surface area contributed by atoms with Gasteiger partial charge in [0.2, 0.25) is 0 Å². The maximum absolute atomic E-state index is 12.2. The number of carbonyl (C=O) groups excluding carboxylic acids is 2. The minimum atomic E-state index is -1.36. The largest absolute Gasteiger partial charge is 0.489 e. The molecule has 2 rings (SSSR count). The summed E-state index contributed by atoms with van der Waals surface area (Å²) in [6, 6.07) is 13.4. The van der Waals surface area contributed by atoms with Gasteiger partial charge in [0.05, 0.1) is 0 Å². The van der Waals surface area contributed by atoms with E-state index >= 15 is 0 Å². The van der Waals surface area contributed by atoms with E-state index < -0.39 is 17.4 Å². The summed E-state index contributed by atoms with van der Waals surface area (Å²) in [5.74, 6) is -0.976. The van der Waals surface area contributed by atoms with Crippen LogP contribution in [0.25, 0.3) is 0 Å². The van der Waals surface area contributed by atoms with E-state index in [2.05, 4.69) is 5.32 Å². The number of benzene rings is 2. The summed E-state index contributed by atoms with van der Waals surface area (Å²) in [6.07, 6.45) is 0.754. The van der Waals surface area contributed by atoms with Gasteiger partial charge < -0.3 is 15.2 Å². The van der Waals surface area contributed by atoms with Crippen molar-refractivity contribution in [3.05, 3.63) is 65.2 Å². The number of rotatable bonds is 7. The number of nitrogens with one attached hydrogen (secondary N) is 1. The molecule has 0 unspecified atom stereocenters. The quantitative estimate of drug-likeness (QED) is 0.755. The van der Waals surface area contributed by atoms with Gasteiger partial charge in [-0.1, -0.05) is 12.1 Å². The number of aldehydes is 1. The molecule has 0 bridgehead atoms. The standard InChI is InChI=1S/C19H19NO5/c1-19(2,18(23)24)20-17(22)15-5-3-4-14(10-15)12-25-16-8-6-13(11-21)7-9-16/h3-11H,12H2,1-2H3,(H,20,22)(H,23,24). The molecule has 0 saturated heterocycles. The van der Waals surface area contributed by atoms with E-state index in [1.165, 1.54) is 13.8 Å². The molecule has 6 heteroatoms. The minimum absolute atomic E-state index is 0.240. The number of hydrogen-bond donors (Lipinski definition) is 2. The molecule has 25 heavy (non-hydrogen) atoms. The Morgan fingerprint density at radius 2 is 1.84 bits per heavy atom. The summed E-state index contributed by atoms with van der Waals surface area (Å²) in [4.78, 5) is 33.9. The third kappa shape index (κ3) is 4.91. The molecule has 0 saturated carbocycles. The molecule has 1 amide bonds. The van der Waals surface area contributed by atoms with Crippen molar-refractivity contribution in [3.63, 3.8) is 0 Å². The van der Waals surface area contributed by atoms with Crippen LogP contribution in [0.3, 0.4) is 0 Å². The smallest absolute Gasteiger partial charge is 0.328 e. The van der Waals surface area contributed by atoms with E-state index in [0.29, 0.717) is 16.9 Å². The van der Waals surface area contributed by atoms with Crippen molar-refractivity contribution in [2.24, 2.45) is 0 Å². The summed E-state index contributed by atoms with van der Waals surface area (Å²) in [6.45, 7) is 3.08. The Balaban J connectivity index is 2.03. The van der Waals surface area contributed by atoms with Crippen molar-refractivity contribution in [2.45, 2.75) is 26.0 Å². The summed E-state index contributed by atoms with van der Waals surface area (Å²) in [5, 5.41) is 11.6. The lowest BCUT2D eigenvalue weighted by molar-refractivity contribution is -0.143. The van der Waals surface area contributed by atoms with Crippen molar-refractivity contribution < 1.29 is 24.2 Å². The summed E-state index contributed by atoms with van der Waals surface area (Å²) in [7, 11) is 0. The van der Waals surface area contributed by atoms with Crippen molar-refractivity contribution in [1.82, 2.24) is 5.32 Å². The predicted molar refractivity (Wildman–Crippen MR) is 91.8 cm³/mol. The van der Waals surface area contributed by atoms with Gasteiger partial charge in [-0.15, -0.1) is 0 Å².